The SMILES string of the molecule is CCn1c(=O)n(CC)c2nc(NC(=O)CCC(=O)N3CCCCCC3)ccc21. The lowest BCUT2D eigenvalue weighted by Crippen LogP contribution is -2.32. The fraction of sp³-hybridized carbons (Fsp3) is 0.600. The Bertz CT molecular complexity index is 906. The van der Waals surface area contributed by atoms with Gasteiger partial charge in [-0.1, -0.05) is 12.8 Å². The van der Waals surface area contributed by atoms with E-state index in [1.54, 1.807) is 21.3 Å². The molecule has 1 saturated heterocycles. The van der Waals surface area contributed by atoms with E-state index in [2.05, 4.69) is 10.3 Å². The van der Waals surface area contributed by atoms with E-state index in [4.69, 9.17) is 0 Å². The number of hydrogen-bond acceptors (Lipinski definition) is 4. The van der Waals surface area contributed by atoms with Crippen LogP contribution >= 0.6 is 0 Å². The number of aryl methyl sites for hydroxylation is 2. The van der Waals surface area contributed by atoms with Crippen molar-refractivity contribution in [2.24, 2.45) is 0 Å². The van der Waals surface area contributed by atoms with Crippen molar-refractivity contribution in [2.45, 2.75) is 65.5 Å². The molecule has 0 bridgehead atoms. The zero-order valence-corrected chi connectivity index (χ0v) is 16.7. The second kappa shape index (κ2) is 9.03. The topological polar surface area (TPSA) is 89.2 Å². The lowest BCUT2D eigenvalue weighted by molar-refractivity contribution is -0.132. The van der Waals surface area contributed by atoms with Crippen LogP contribution in [0.5, 0.6) is 0 Å². The predicted octanol–water partition coefficient (Wildman–Crippen LogP) is 2.36. The van der Waals surface area contributed by atoms with Crippen molar-refractivity contribution in [1.82, 2.24) is 19.0 Å². The van der Waals surface area contributed by atoms with Crippen LogP contribution in [0, 0.1) is 0 Å². The molecule has 0 aliphatic carbocycles. The number of likely N-dealkylation sites (tertiary alicyclic amines) is 1. The van der Waals surface area contributed by atoms with E-state index in [1.807, 2.05) is 18.7 Å². The first-order chi connectivity index (χ1) is 13.5. The number of nitrogens with zero attached hydrogens (tertiary/aromatic N) is 4. The van der Waals surface area contributed by atoms with Gasteiger partial charge in [0.1, 0.15) is 5.82 Å². The van der Waals surface area contributed by atoms with E-state index >= 15 is 0 Å². The second-order valence-electron chi connectivity index (χ2n) is 7.15. The average Bonchev–Trinajstić information content (AvgIpc) is 2.85. The van der Waals surface area contributed by atoms with Gasteiger partial charge in [0.05, 0.1) is 5.52 Å². The standard InChI is InChI=1S/C20H29N5O3/c1-3-24-15-9-10-16(22-19(15)25(4-2)20(24)28)21-17(26)11-12-18(27)23-13-7-5-6-8-14-23/h9-10H,3-8,11-14H2,1-2H3,(H,21,22,26). The number of carbonyl (C=O) groups excluding carboxylic acids is 2. The molecule has 2 aromatic rings. The van der Waals surface area contributed by atoms with Crippen LogP contribution in [0.1, 0.15) is 52.4 Å². The zero-order valence-electron chi connectivity index (χ0n) is 16.7. The fourth-order valence-corrected chi connectivity index (χ4v) is 3.75. The summed E-state index contributed by atoms with van der Waals surface area (Å²) in [6, 6.07) is 3.50. The number of anilines is 1. The minimum Gasteiger partial charge on any atom is -0.343 e. The largest absolute Gasteiger partial charge is 0.343 e. The van der Waals surface area contributed by atoms with Crippen molar-refractivity contribution in [3.05, 3.63) is 22.6 Å². The van der Waals surface area contributed by atoms with Crippen molar-refractivity contribution in [3.8, 4) is 0 Å². The Morgan fingerprint density at radius 1 is 1.00 bits per heavy atom. The summed E-state index contributed by atoms with van der Waals surface area (Å²) in [6.07, 6.45) is 4.75. The third-order valence-electron chi connectivity index (χ3n) is 5.29. The van der Waals surface area contributed by atoms with Gasteiger partial charge in [0.2, 0.25) is 11.8 Å². The zero-order chi connectivity index (χ0) is 20.1. The highest BCUT2D eigenvalue weighted by molar-refractivity contribution is 5.93. The molecular formula is C20H29N5O3. The highest BCUT2D eigenvalue weighted by Crippen LogP contribution is 2.16. The number of nitrogens with one attached hydrogen (secondary N) is 1. The molecule has 152 valence electrons. The molecule has 0 unspecified atom stereocenters. The molecule has 0 spiro atoms. The van der Waals surface area contributed by atoms with Crippen molar-refractivity contribution >= 4 is 28.8 Å². The molecule has 0 aromatic carbocycles. The van der Waals surface area contributed by atoms with Crippen LogP contribution in [0.2, 0.25) is 0 Å². The van der Waals surface area contributed by atoms with E-state index in [0.717, 1.165) is 31.4 Å². The monoisotopic (exact) mass is 387 g/mol. The van der Waals surface area contributed by atoms with Gasteiger partial charge < -0.3 is 10.2 Å². The van der Waals surface area contributed by atoms with Crippen LogP contribution < -0.4 is 11.0 Å². The van der Waals surface area contributed by atoms with E-state index in [9.17, 15) is 14.4 Å². The first-order valence-electron chi connectivity index (χ1n) is 10.2. The van der Waals surface area contributed by atoms with Crippen LogP contribution in [-0.2, 0) is 22.7 Å². The normalized spacial score (nSPS) is 14.9. The number of fused-ring (bicyclic) bond motifs is 1. The number of hydrogen-bond donors (Lipinski definition) is 1. The molecule has 3 rings (SSSR count). The lowest BCUT2D eigenvalue weighted by atomic mass is 10.2. The van der Waals surface area contributed by atoms with Crippen molar-refractivity contribution < 1.29 is 9.59 Å². The Morgan fingerprint density at radius 2 is 1.68 bits per heavy atom. The molecule has 1 fully saturated rings. The molecule has 0 radical (unpaired) electrons. The summed E-state index contributed by atoms with van der Waals surface area (Å²) in [5.74, 6) is 0.200. The van der Waals surface area contributed by atoms with Gasteiger partial charge in [0, 0.05) is 39.0 Å². The minimum atomic E-state index is -0.240. The second-order valence-corrected chi connectivity index (χ2v) is 7.15. The third kappa shape index (κ3) is 4.26. The van der Waals surface area contributed by atoms with Crippen LogP contribution in [0.15, 0.2) is 16.9 Å². The maximum Gasteiger partial charge on any atom is 0.330 e. The first kappa shape index (κ1) is 20.1. The Hall–Kier alpha value is -2.64. The van der Waals surface area contributed by atoms with Crippen LogP contribution in [0.3, 0.4) is 0 Å². The molecule has 1 aliphatic rings. The molecule has 8 heteroatoms. The molecular weight excluding hydrogens is 358 g/mol. The van der Waals surface area contributed by atoms with E-state index in [-0.39, 0.29) is 30.3 Å². The fourth-order valence-electron chi connectivity index (χ4n) is 3.75. The quantitative estimate of drug-likeness (QED) is 0.824. The molecule has 8 nitrogen and oxygen atoms in total. The molecule has 28 heavy (non-hydrogen) atoms. The summed E-state index contributed by atoms with van der Waals surface area (Å²) in [5, 5.41) is 2.76. The number of imidazole rings is 1. The molecule has 2 aromatic heterocycles. The number of pyridine rings is 1. The van der Waals surface area contributed by atoms with Gasteiger partial charge in [-0.25, -0.2) is 9.78 Å². The Morgan fingerprint density at radius 3 is 2.32 bits per heavy atom. The first-order valence-corrected chi connectivity index (χ1v) is 10.2. The van der Waals surface area contributed by atoms with Gasteiger partial charge in [0.15, 0.2) is 5.65 Å². The van der Waals surface area contributed by atoms with Gasteiger partial charge in [-0.2, -0.15) is 0 Å². The molecule has 1 aliphatic heterocycles. The van der Waals surface area contributed by atoms with Gasteiger partial charge >= 0.3 is 5.69 Å². The number of amides is 2. The van der Waals surface area contributed by atoms with Crippen molar-refractivity contribution in [2.75, 3.05) is 18.4 Å². The van der Waals surface area contributed by atoms with E-state index in [0.29, 0.717) is 24.6 Å². The third-order valence-corrected chi connectivity index (χ3v) is 5.29. The van der Waals surface area contributed by atoms with Gasteiger partial charge in [-0.15, -0.1) is 0 Å². The lowest BCUT2D eigenvalue weighted by Gasteiger charge is -2.20. The summed E-state index contributed by atoms with van der Waals surface area (Å²) in [6.45, 7) is 6.47. The summed E-state index contributed by atoms with van der Waals surface area (Å²) in [5.41, 5.74) is 1.22. The van der Waals surface area contributed by atoms with Crippen LogP contribution in [-0.4, -0.2) is 43.9 Å². The predicted molar refractivity (Wildman–Crippen MR) is 108 cm³/mol. The van der Waals surface area contributed by atoms with Crippen molar-refractivity contribution in [3.63, 3.8) is 0 Å². The number of aromatic nitrogens is 3. The molecule has 0 atom stereocenters. The highest BCUT2D eigenvalue weighted by Gasteiger charge is 2.17. The highest BCUT2D eigenvalue weighted by atomic mass is 16.2. The molecule has 1 N–H and O–H groups in total. The van der Waals surface area contributed by atoms with Crippen LogP contribution in [0.4, 0.5) is 5.82 Å². The molecule has 3 heterocycles. The number of rotatable bonds is 6. The molecule has 2 amide bonds. The Labute approximate surface area is 164 Å². The summed E-state index contributed by atoms with van der Waals surface area (Å²) in [7, 11) is 0. The number of carbonyl (C=O) groups is 2. The van der Waals surface area contributed by atoms with Crippen LogP contribution in [0.25, 0.3) is 11.2 Å². The maximum atomic E-state index is 12.4. The summed E-state index contributed by atoms with van der Waals surface area (Å²) in [4.78, 5) is 43.3. The smallest absolute Gasteiger partial charge is 0.330 e. The average molecular weight is 387 g/mol. The van der Waals surface area contributed by atoms with E-state index in [1.165, 1.54) is 12.8 Å². The molecule has 0 saturated carbocycles. The summed E-state index contributed by atoms with van der Waals surface area (Å²) < 4.78 is 3.26. The van der Waals surface area contributed by atoms with Gasteiger partial charge in [-0.05, 0) is 38.8 Å². The summed E-state index contributed by atoms with van der Waals surface area (Å²) >= 11 is 0. The van der Waals surface area contributed by atoms with Gasteiger partial charge in [0.25, 0.3) is 0 Å². The minimum absolute atomic E-state index is 0.0419. The van der Waals surface area contributed by atoms with E-state index < -0.39 is 0 Å². The van der Waals surface area contributed by atoms with Crippen molar-refractivity contribution in [1.29, 1.82) is 0 Å². The Kier molecular flexibility index (Phi) is 6.49. The Balaban J connectivity index is 1.64. The van der Waals surface area contributed by atoms with Gasteiger partial charge in [-0.3, -0.25) is 18.7 Å². The maximum absolute atomic E-state index is 12.4.